The zero-order valence-corrected chi connectivity index (χ0v) is 8.21. The maximum atomic E-state index is 8.80. The fourth-order valence-corrected chi connectivity index (χ4v) is 1.40. The second kappa shape index (κ2) is 4.83. The number of nitrogens with one attached hydrogen (secondary N) is 1. The van der Waals surface area contributed by atoms with Crippen molar-refractivity contribution in [2.24, 2.45) is 11.8 Å². The summed E-state index contributed by atoms with van der Waals surface area (Å²) in [5, 5.41) is 12.2. The van der Waals surface area contributed by atoms with Gasteiger partial charge in [-0.25, -0.2) is 0 Å². The smallest absolute Gasteiger partial charge is 0.0468 e. The Balaban J connectivity index is 1.96. The third kappa shape index (κ3) is 4.07. The molecule has 0 radical (unpaired) electrons. The van der Waals surface area contributed by atoms with Gasteiger partial charge < -0.3 is 10.4 Å². The normalized spacial score (nSPS) is 22.2. The van der Waals surface area contributed by atoms with Crippen LogP contribution in [0.25, 0.3) is 0 Å². The standard InChI is InChI=1S/C10H21NO/c1-8(7-12)6-11-9(2)5-10-3-4-10/h8-12H,3-7H2,1-2H3. The average molecular weight is 171 g/mol. The molecule has 2 atom stereocenters. The minimum Gasteiger partial charge on any atom is -0.396 e. The highest BCUT2D eigenvalue weighted by molar-refractivity contribution is 4.78. The summed E-state index contributed by atoms with van der Waals surface area (Å²) < 4.78 is 0. The summed E-state index contributed by atoms with van der Waals surface area (Å²) in [5.74, 6) is 1.39. The van der Waals surface area contributed by atoms with E-state index in [-0.39, 0.29) is 0 Å². The lowest BCUT2D eigenvalue weighted by Crippen LogP contribution is -2.31. The van der Waals surface area contributed by atoms with Crippen molar-refractivity contribution in [2.75, 3.05) is 13.2 Å². The fourth-order valence-electron chi connectivity index (χ4n) is 1.40. The molecule has 1 aliphatic rings. The SMILES string of the molecule is CC(CO)CNC(C)CC1CC1. The van der Waals surface area contributed by atoms with Crippen LogP contribution in [0.5, 0.6) is 0 Å². The van der Waals surface area contributed by atoms with E-state index in [1.54, 1.807) is 0 Å². The molecule has 0 amide bonds. The van der Waals surface area contributed by atoms with Crippen molar-refractivity contribution >= 4 is 0 Å². The number of aliphatic hydroxyl groups excluding tert-OH is 1. The van der Waals surface area contributed by atoms with Gasteiger partial charge in [0.05, 0.1) is 0 Å². The quantitative estimate of drug-likeness (QED) is 0.633. The molecule has 72 valence electrons. The summed E-state index contributed by atoms with van der Waals surface area (Å²) in [7, 11) is 0. The van der Waals surface area contributed by atoms with E-state index in [9.17, 15) is 0 Å². The van der Waals surface area contributed by atoms with Crippen molar-refractivity contribution < 1.29 is 5.11 Å². The summed E-state index contributed by atoms with van der Waals surface area (Å²) in [6, 6.07) is 0.631. The number of rotatable bonds is 6. The number of hydrogen-bond donors (Lipinski definition) is 2. The van der Waals surface area contributed by atoms with Crippen molar-refractivity contribution in [1.82, 2.24) is 5.32 Å². The first-order chi connectivity index (χ1) is 5.72. The Bertz CT molecular complexity index is 123. The van der Waals surface area contributed by atoms with Gasteiger partial charge in [-0.1, -0.05) is 19.8 Å². The molecule has 2 nitrogen and oxygen atoms in total. The number of aliphatic hydroxyl groups is 1. The van der Waals surface area contributed by atoms with Crippen molar-refractivity contribution in [3.8, 4) is 0 Å². The highest BCUT2D eigenvalue weighted by Gasteiger charge is 2.23. The molecule has 0 aliphatic heterocycles. The first kappa shape index (κ1) is 10.0. The first-order valence-electron chi connectivity index (χ1n) is 5.06. The Morgan fingerprint density at radius 3 is 2.58 bits per heavy atom. The van der Waals surface area contributed by atoms with Crippen molar-refractivity contribution in [3.05, 3.63) is 0 Å². The lowest BCUT2D eigenvalue weighted by Gasteiger charge is -2.15. The van der Waals surface area contributed by atoms with Crippen LogP contribution < -0.4 is 5.32 Å². The van der Waals surface area contributed by atoms with Gasteiger partial charge in [0, 0.05) is 19.2 Å². The Kier molecular flexibility index (Phi) is 4.02. The van der Waals surface area contributed by atoms with E-state index in [2.05, 4.69) is 19.2 Å². The molecule has 1 fully saturated rings. The largest absolute Gasteiger partial charge is 0.396 e. The van der Waals surface area contributed by atoms with Crippen LogP contribution in [0.2, 0.25) is 0 Å². The summed E-state index contributed by atoms with van der Waals surface area (Å²) in [6.45, 7) is 5.55. The Hall–Kier alpha value is -0.0800. The van der Waals surface area contributed by atoms with Gasteiger partial charge in [0.15, 0.2) is 0 Å². The third-order valence-electron chi connectivity index (χ3n) is 2.51. The van der Waals surface area contributed by atoms with Gasteiger partial charge in [-0.3, -0.25) is 0 Å². The van der Waals surface area contributed by atoms with Gasteiger partial charge in [0.1, 0.15) is 0 Å². The Morgan fingerprint density at radius 2 is 2.08 bits per heavy atom. The van der Waals surface area contributed by atoms with Crippen LogP contribution in [0.1, 0.15) is 33.1 Å². The molecule has 1 rings (SSSR count). The molecule has 0 heterocycles. The third-order valence-corrected chi connectivity index (χ3v) is 2.51. The molecular formula is C10H21NO. The van der Waals surface area contributed by atoms with Crippen LogP contribution in [0.15, 0.2) is 0 Å². The van der Waals surface area contributed by atoms with Gasteiger partial charge in [0.2, 0.25) is 0 Å². The van der Waals surface area contributed by atoms with Crippen LogP contribution in [0.4, 0.5) is 0 Å². The molecule has 0 bridgehead atoms. The van der Waals surface area contributed by atoms with Crippen molar-refractivity contribution in [3.63, 3.8) is 0 Å². The second-order valence-corrected chi connectivity index (χ2v) is 4.28. The summed E-state index contributed by atoms with van der Waals surface area (Å²) in [6.07, 6.45) is 4.18. The zero-order chi connectivity index (χ0) is 8.97. The highest BCUT2D eigenvalue weighted by atomic mass is 16.3. The predicted octanol–water partition coefficient (Wildman–Crippen LogP) is 1.39. The van der Waals surface area contributed by atoms with Crippen LogP contribution in [-0.4, -0.2) is 24.3 Å². The Morgan fingerprint density at radius 1 is 1.42 bits per heavy atom. The molecule has 12 heavy (non-hydrogen) atoms. The first-order valence-corrected chi connectivity index (χ1v) is 5.06. The highest BCUT2D eigenvalue weighted by Crippen LogP contribution is 2.33. The lowest BCUT2D eigenvalue weighted by molar-refractivity contribution is 0.229. The van der Waals surface area contributed by atoms with E-state index in [0.29, 0.717) is 18.6 Å². The average Bonchev–Trinajstić information content (AvgIpc) is 2.84. The van der Waals surface area contributed by atoms with Gasteiger partial charge in [-0.15, -0.1) is 0 Å². The van der Waals surface area contributed by atoms with Crippen LogP contribution in [-0.2, 0) is 0 Å². The van der Waals surface area contributed by atoms with Crippen LogP contribution >= 0.6 is 0 Å². The zero-order valence-electron chi connectivity index (χ0n) is 8.21. The molecule has 2 unspecified atom stereocenters. The second-order valence-electron chi connectivity index (χ2n) is 4.28. The molecular weight excluding hydrogens is 150 g/mol. The molecule has 1 saturated carbocycles. The van der Waals surface area contributed by atoms with Gasteiger partial charge >= 0.3 is 0 Å². The fraction of sp³-hybridized carbons (Fsp3) is 1.00. The van der Waals surface area contributed by atoms with Crippen molar-refractivity contribution in [2.45, 2.75) is 39.2 Å². The van der Waals surface area contributed by atoms with Gasteiger partial charge in [0.25, 0.3) is 0 Å². The van der Waals surface area contributed by atoms with E-state index in [1.807, 2.05) is 0 Å². The molecule has 2 heteroatoms. The molecule has 1 aliphatic carbocycles. The molecule has 0 spiro atoms. The maximum Gasteiger partial charge on any atom is 0.0468 e. The van der Waals surface area contributed by atoms with E-state index >= 15 is 0 Å². The van der Waals surface area contributed by atoms with Crippen molar-refractivity contribution in [1.29, 1.82) is 0 Å². The monoisotopic (exact) mass is 171 g/mol. The van der Waals surface area contributed by atoms with Crippen LogP contribution in [0, 0.1) is 11.8 Å². The minimum absolute atomic E-state index is 0.295. The van der Waals surface area contributed by atoms with Gasteiger partial charge in [-0.2, -0.15) is 0 Å². The molecule has 0 saturated heterocycles. The maximum absolute atomic E-state index is 8.80. The van der Waals surface area contributed by atoms with E-state index < -0.39 is 0 Å². The Labute approximate surface area is 75.4 Å². The molecule has 0 aromatic carbocycles. The lowest BCUT2D eigenvalue weighted by atomic mass is 10.1. The summed E-state index contributed by atoms with van der Waals surface area (Å²) in [4.78, 5) is 0. The summed E-state index contributed by atoms with van der Waals surface area (Å²) >= 11 is 0. The van der Waals surface area contributed by atoms with Crippen LogP contribution in [0.3, 0.4) is 0 Å². The molecule has 0 aromatic heterocycles. The predicted molar refractivity (Wildman–Crippen MR) is 51.1 cm³/mol. The summed E-state index contributed by atoms with van der Waals surface area (Å²) in [5.41, 5.74) is 0. The van der Waals surface area contributed by atoms with Gasteiger partial charge in [-0.05, 0) is 25.2 Å². The topological polar surface area (TPSA) is 32.3 Å². The number of hydrogen-bond acceptors (Lipinski definition) is 2. The minimum atomic E-state index is 0.295. The molecule has 2 N–H and O–H groups in total. The van der Waals surface area contributed by atoms with E-state index in [0.717, 1.165) is 12.5 Å². The van der Waals surface area contributed by atoms with E-state index in [1.165, 1.54) is 19.3 Å². The van der Waals surface area contributed by atoms with E-state index in [4.69, 9.17) is 5.11 Å². The molecule has 0 aromatic rings.